The molecule has 0 bridgehead atoms. The zero-order valence-corrected chi connectivity index (χ0v) is 14.3. The first-order valence-corrected chi connectivity index (χ1v) is 8.37. The van der Waals surface area contributed by atoms with Gasteiger partial charge in [-0.3, -0.25) is 14.4 Å². The molecule has 0 aliphatic carbocycles. The first-order valence-electron chi connectivity index (χ1n) is 8.37. The largest absolute Gasteiger partial charge is 0.378 e. The molecule has 2 saturated heterocycles. The lowest BCUT2D eigenvalue weighted by Gasteiger charge is -2.37. The fourth-order valence-electron chi connectivity index (χ4n) is 3.34. The van der Waals surface area contributed by atoms with Gasteiger partial charge in [-0.15, -0.1) is 0 Å². The summed E-state index contributed by atoms with van der Waals surface area (Å²) in [6.45, 7) is 10.4. The van der Waals surface area contributed by atoms with E-state index in [1.165, 1.54) is 11.3 Å². The number of rotatable bonds is 3. The Morgan fingerprint density at radius 2 is 2.04 bits per heavy atom. The van der Waals surface area contributed by atoms with Gasteiger partial charge in [0.15, 0.2) is 0 Å². The maximum absolute atomic E-state index is 12.5. The zero-order valence-electron chi connectivity index (χ0n) is 14.3. The Balaban J connectivity index is 1.53. The molecule has 0 radical (unpaired) electrons. The number of aryl methyl sites for hydroxylation is 2. The molecule has 23 heavy (non-hydrogen) atoms. The van der Waals surface area contributed by atoms with Gasteiger partial charge in [-0.25, -0.2) is 0 Å². The lowest BCUT2D eigenvalue weighted by Crippen LogP contribution is -2.57. The molecule has 1 unspecified atom stereocenters. The molecule has 1 aromatic heterocycles. The molecule has 0 spiro atoms. The number of nitrogens with one attached hydrogen (secondary N) is 1. The van der Waals surface area contributed by atoms with Gasteiger partial charge in [0.2, 0.25) is 5.91 Å². The summed E-state index contributed by atoms with van der Waals surface area (Å²) in [5, 5.41) is 7.73. The smallest absolute Gasteiger partial charge is 0.242 e. The van der Waals surface area contributed by atoms with Crippen molar-refractivity contribution in [3.8, 4) is 0 Å². The van der Waals surface area contributed by atoms with Crippen molar-refractivity contribution in [2.24, 2.45) is 7.05 Å². The third kappa shape index (κ3) is 3.57. The van der Waals surface area contributed by atoms with Crippen LogP contribution in [0.1, 0.15) is 17.0 Å². The predicted octanol–water partition coefficient (Wildman–Crippen LogP) is -0.330. The van der Waals surface area contributed by atoms with E-state index < -0.39 is 0 Å². The lowest BCUT2D eigenvalue weighted by atomic mass is 10.1. The van der Waals surface area contributed by atoms with Gasteiger partial charge in [-0.1, -0.05) is 0 Å². The highest BCUT2D eigenvalue weighted by molar-refractivity contribution is 5.82. The second-order valence-electron chi connectivity index (χ2n) is 6.46. The molecule has 0 aromatic carbocycles. The van der Waals surface area contributed by atoms with Crippen LogP contribution in [-0.4, -0.2) is 77.5 Å². The van der Waals surface area contributed by atoms with Crippen LogP contribution < -0.4 is 5.32 Å². The summed E-state index contributed by atoms with van der Waals surface area (Å²) in [7, 11) is 1.99. The van der Waals surface area contributed by atoms with E-state index in [9.17, 15) is 4.79 Å². The van der Waals surface area contributed by atoms with Crippen molar-refractivity contribution >= 4 is 5.91 Å². The van der Waals surface area contributed by atoms with E-state index in [1.54, 1.807) is 0 Å². The van der Waals surface area contributed by atoms with Crippen LogP contribution >= 0.6 is 0 Å². The summed E-state index contributed by atoms with van der Waals surface area (Å²) in [4.78, 5) is 16.9. The molecule has 1 amide bonds. The van der Waals surface area contributed by atoms with E-state index in [0.29, 0.717) is 13.2 Å². The Morgan fingerprint density at radius 3 is 2.61 bits per heavy atom. The van der Waals surface area contributed by atoms with Crippen molar-refractivity contribution in [3.63, 3.8) is 0 Å². The summed E-state index contributed by atoms with van der Waals surface area (Å²) in [5.41, 5.74) is 3.64. The van der Waals surface area contributed by atoms with Crippen LogP contribution in [0.25, 0.3) is 0 Å². The molecule has 2 aliphatic rings. The number of carbonyl (C=O) groups is 1. The summed E-state index contributed by atoms with van der Waals surface area (Å²) >= 11 is 0. The standard InChI is InChI=1S/C16H27N5O2/c1-12-14(13(2)19(3)18-12)10-20-5-7-21(8-6-20)16(22)15-11-23-9-4-17-15/h15,17H,4-11H2,1-3H3. The summed E-state index contributed by atoms with van der Waals surface area (Å²) in [5.74, 6) is 0.179. The molecule has 1 N–H and O–H groups in total. The molecule has 1 atom stereocenters. The molecule has 3 rings (SSSR count). The molecular formula is C16H27N5O2. The van der Waals surface area contributed by atoms with E-state index in [-0.39, 0.29) is 11.9 Å². The number of morpholine rings is 1. The second-order valence-corrected chi connectivity index (χ2v) is 6.46. The Morgan fingerprint density at radius 1 is 1.30 bits per heavy atom. The first kappa shape index (κ1) is 16.4. The fourth-order valence-corrected chi connectivity index (χ4v) is 3.34. The third-order valence-corrected chi connectivity index (χ3v) is 4.94. The maximum atomic E-state index is 12.5. The van der Waals surface area contributed by atoms with Crippen molar-refractivity contribution in [1.29, 1.82) is 0 Å². The number of amides is 1. The van der Waals surface area contributed by atoms with Gasteiger partial charge < -0.3 is 15.0 Å². The van der Waals surface area contributed by atoms with Crippen molar-refractivity contribution in [1.82, 2.24) is 24.9 Å². The van der Waals surface area contributed by atoms with E-state index in [4.69, 9.17) is 4.74 Å². The van der Waals surface area contributed by atoms with Crippen LogP contribution in [0.2, 0.25) is 0 Å². The highest BCUT2D eigenvalue weighted by Crippen LogP contribution is 2.16. The Kier molecular flexibility index (Phi) is 4.99. The maximum Gasteiger partial charge on any atom is 0.242 e. The number of piperazine rings is 1. The van der Waals surface area contributed by atoms with Gasteiger partial charge >= 0.3 is 0 Å². The Hall–Kier alpha value is -1.44. The molecule has 3 heterocycles. The van der Waals surface area contributed by atoms with Crippen molar-refractivity contribution in [2.75, 3.05) is 45.9 Å². The lowest BCUT2D eigenvalue weighted by molar-refractivity contribution is -0.138. The molecule has 7 nitrogen and oxygen atoms in total. The summed E-state index contributed by atoms with van der Waals surface area (Å²) in [6, 6.07) is -0.168. The Bertz CT molecular complexity index is 557. The highest BCUT2D eigenvalue weighted by atomic mass is 16.5. The van der Waals surface area contributed by atoms with E-state index in [0.717, 1.165) is 45.0 Å². The SMILES string of the molecule is Cc1nn(C)c(C)c1CN1CCN(C(=O)C2COCCN2)CC1. The van der Waals surface area contributed by atoms with Crippen LogP contribution in [0.5, 0.6) is 0 Å². The van der Waals surface area contributed by atoms with Gasteiger partial charge in [-0.2, -0.15) is 5.10 Å². The number of aromatic nitrogens is 2. The molecule has 1 aromatic rings. The topological polar surface area (TPSA) is 62.6 Å². The minimum absolute atomic E-state index is 0.168. The minimum atomic E-state index is -0.168. The van der Waals surface area contributed by atoms with Crippen LogP contribution in [0, 0.1) is 13.8 Å². The van der Waals surface area contributed by atoms with Crippen LogP contribution in [0.4, 0.5) is 0 Å². The normalized spacial score (nSPS) is 23.3. The quantitative estimate of drug-likeness (QED) is 0.826. The predicted molar refractivity (Wildman–Crippen MR) is 87.1 cm³/mol. The average Bonchev–Trinajstić information content (AvgIpc) is 2.82. The molecule has 128 valence electrons. The Labute approximate surface area is 137 Å². The summed E-state index contributed by atoms with van der Waals surface area (Å²) < 4.78 is 7.34. The number of ether oxygens (including phenoxy) is 1. The van der Waals surface area contributed by atoms with Gasteiger partial charge in [0.05, 0.1) is 18.9 Å². The highest BCUT2D eigenvalue weighted by Gasteiger charge is 2.29. The van der Waals surface area contributed by atoms with Gasteiger partial charge in [0, 0.05) is 57.6 Å². The number of hydrogen-bond acceptors (Lipinski definition) is 5. The number of carbonyl (C=O) groups excluding carboxylic acids is 1. The molecule has 7 heteroatoms. The summed E-state index contributed by atoms with van der Waals surface area (Å²) in [6.07, 6.45) is 0. The third-order valence-electron chi connectivity index (χ3n) is 4.94. The monoisotopic (exact) mass is 321 g/mol. The molecule has 2 fully saturated rings. The van der Waals surface area contributed by atoms with Crippen molar-refractivity contribution in [2.45, 2.75) is 26.4 Å². The zero-order chi connectivity index (χ0) is 16.4. The molecule has 0 saturated carbocycles. The number of hydrogen-bond donors (Lipinski definition) is 1. The number of nitrogens with zero attached hydrogens (tertiary/aromatic N) is 4. The minimum Gasteiger partial charge on any atom is -0.378 e. The second kappa shape index (κ2) is 6.98. The van der Waals surface area contributed by atoms with Gasteiger partial charge in [-0.05, 0) is 13.8 Å². The van der Waals surface area contributed by atoms with Crippen molar-refractivity contribution < 1.29 is 9.53 Å². The van der Waals surface area contributed by atoms with E-state index in [1.807, 2.05) is 16.6 Å². The fraction of sp³-hybridized carbons (Fsp3) is 0.750. The molecular weight excluding hydrogens is 294 g/mol. The van der Waals surface area contributed by atoms with Gasteiger partial charge in [0.25, 0.3) is 0 Å². The van der Waals surface area contributed by atoms with Crippen LogP contribution in [0.3, 0.4) is 0 Å². The van der Waals surface area contributed by atoms with Crippen LogP contribution in [0.15, 0.2) is 0 Å². The van der Waals surface area contributed by atoms with Crippen LogP contribution in [-0.2, 0) is 23.1 Å². The average molecular weight is 321 g/mol. The van der Waals surface area contributed by atoms with Crippen molar-refractivity contribution in [3.05, 3.63) is 17.0 Å². The van der Waals surface area contributed by atoms with E-state index in [2.05, 4.69) is 29.2 Å². The molecule has 2 aliphatic heterocycles. The van der Waals surface area contributed by atoms with E-state index >= 15 is 0 Å². The van der Waals surface area contributed by atoms with Gasteiger partial charge in [0.1, 0.15) is 6.04 Å². The first-order chi connectivity index (χ1) is 11.1.